The van der Waals surface area contributed by atoms with E-state index < -0.39 is 123 Å². The summed E-state index contributed by atoms with van der Waals surface area (Å²) in [7, 11) is 0. The molecule has 0 amide bonds. The normalized spacial score (nSPS) is 51.0. The van der Waals surface area contributed by atoms with Gasteiger partial charge in [-0.25, -0.2) is 4.39 Å². The average Bonchev–Trinajstić information content (AvgIpc) is 3.27. The van der Waals surface area contributed by atoms with Crippen molar-refractivity contribution in [3.05, 3.63) is 0 Å². The van der Waals surface area contributed by atoms with E-state index in [-0.39, 0.29) is 19.4 Å². The standard InChI is InChI=1S/C25H49FN6O10/c26-5-12(31)13-2-1-9(28)24(39-13)41-21-11(30)4-10(29)18(35)23(21)42-25-20(37)22(15(7-33)40-25)38-14-3-8(6-27)17(34)19(36)16(14)32/h8-25,33-37H,1-7,27-32H2/t8-,9+,10+,11-,12+,13-,14-,15+,16-,17+,18-,19+,20+,21+,22+,23+,24+,25-/m0/s1. The number of hydrogen-bond acceptors (Lipinski definition) is 16. The van der Waals surface area contributed by atoms with E-state index in [0.717, 1.165) is 0 Å². The van der Waals surface area contributed by atoms with Crippen LogP contribution in [0.2, 0.25) is 0 Å². The molecule has 2 aliphatic heterocycles. The highest BCUT2D eigenvalue weighted by Crippen LogP contribution is 2.35. The quantitative estimate of drug-likeness (QED) is 0.109. The highest BCUT2D eigenvalue weighted by molar-refractivity contribution is 5.02. The minimum atomic E-state index is -1.49. The molecule has 2 saturated carbocycles. The Labute approximate surface area is 243 Å². The van der Waals surface area contributed by atoms with Crippen LogP contribution in [0.15, 0.2) is 0 Å². The fourth-order valence-corrected chi connectivity index (χ4v) is 6.33. The van der Waals surface area contributed by atoms with Crippen molar-refractivity contribution in [2.75, 3.05) is 19.8 Å². The zero-order chi connectivity index (χ0) is 30.9. The zero-order valence-corrected chi connectivity index (χ0v) is 23.5. The molecule has 42 heavy (non-hydrogen) atoms. The minimum Gasteiger partial charge on any atom is -0.394 e. The molecule has 4 aliphatic rings. The second-order valence-corrected chi connectivity index (χ2v) is 12.0. The first-order chi connectivity index (χ1) is 19.9. The second-order valence-electron chi connectivity index (χ2n) is 12.0. The van der Waals surface area contributed by atoms with Gasteiger partial charge in [0.05, 0.1) is 55.3 Å². The molecule has 17 N–H and O–H groups in total. The smallest absolute Gasteiger partial charge is 0.187 e. The maximum atomic E-state index is 13.2. The third kappa shape index (κ3) is 7.07. The molecule has 246 valence electrons. The topological polar surface area (TPSA) is 303 Å². The number of halogens is 1. The van der Waals surface area contributed by atoms with E-state index >= 15 is 0 Å². The Hall–Kier alpha value is -0.710. The van der Waals surface area contributed by atoms with Crippen LogP contribution in [-0.2, 0) is 23.7 Å². The van der Waals surface area contributed by atoms with Crippen LogP contribution >= 0.6 is 0 Å². The van der Waals surface area contributed by atoms with Gasteiger partial charge in [0.25, 0.3) is 0 Å². The number of nitrogens with two attached hydrogens (primary N) is 6. The lowest BCUT2D eigenvalue weighted by molar-refractivity contribution is -0.289. The van der Waals surface area contributed by atoms with Crippen LogP contribution in [0.1, 0.15) is 25.7 Å². The van der Waals surface area contributed by atoms with Gasteiger partial charge in [-0.05, 0) is 32.2 Å². The van der Waals surface area contributed by atoms with E-state index in [1.54, 1.807) is 0 Å². The molecule has 2 aliphatic carbocycles. The lowest BCUT2D eigenvalue weighted by atomic mass is 9.79. The molecular weight excluding hydrogens is 563 g/mol. The van der Waals surface area contributed by atoms with Crippen LogP contribution in [0.5, 0.6) is 0 Å². The van der Waals surface area contributed by atoms with Crippen molar-refractivity contribution in [3.63, 3.8) is 0 Å². The number of hydrogen-bond donors (Lipinski definition) is 11. The predicted octanol–water partition coefficient (Wildman–Crippen LogP) is -5.84. The summed E-state index contributed by atoms with van der Waals surface area (Å²) in [6, 6.07) is -4.02. The summed E-state index contributed by atoms with van der Waals surface area (Å²) in [6.45, 7) is -1.29. The van der Waals surface area contributed by atoms with E-state index in [0.29, 0.717) is 12.8 Å². The van der Waals surface area contributed by atoms with E-state index in [4.69, 9.17) is 58.1 Å². The van der Waals surface area contributed by atoms with Crippen LogP contribution in [0, 0.1) is 5.92 Å². The van der Waals surface area contributed by atoms with E-state index in [2.05, 4.69) is 0 Å². The third-order valence-electron chi connectivity index (χ3n) is 9.04. The molecule has 0 spiro atoms. The van der Waals surface area contributed by atoms with Gasteiger partial charge in [-0.3, -0.25) is 0 Å². The maximum absolute atomic E-state index is 13.2. The first kappa shape index (κ1) is 34.2. The van der Waals surface area contributed by atoms with E-state index in [9.17, 15) is 29.9 Å². The maximum Gasteiger partial charge on any atom is 0.187 e. The summed E-state index contributed by atoms with van der Waals surface area (Å²) >= 11 is 0. The predicted molar refractivity (Wildman–Crippen MR) is 144 cm³/mol. The minimum absolute atomic E-state index is 0.0694. The Kier molecular flexibility index (Phi) is 11.9. The monoisotopic (exact) mass is 612 g/mol. The van der Waals surface area contributed by atoms with Crippen molar-refractivity contribution >= 4 is 0 Å². The van der Waals surface area contributed by atoms with Gasteiger partial charge in [-0.15, -0.1) is 0 Å². The average molecular weight is 613 g/mol. The second kappa shape index (κ2) is 14.6. The Morgan fingerprint density at radius 3 is 2.10 bits per heavy atom. The number of aliphatic hydroxyl groups is 5. The lowest BCUT2D eigenvalue weighted by Gasteiger charge is -2.46. The van der Waals surface area contributed by atoms with Gasteiger partial charge in [0.15, 0.2) is 12.6 Å². The van der Waals surface area contributed by atoms with Gasteiger partial charge in [-0.1, -0.05) is 0 Å². The third-order valence-corrected chi connectivity index (χ3v) is 9.04. The van der Waals surface area contributed by atoms with Gasteiger partial charge in [0, 0.05) is 18.0 Å². The molecule has 18 atom stereocenters. The van der Waals surface area contributed by atoms with Crippen LogP contribution in [0.25, 0.3) is 0 Å². The Bertz CT molecular complexity index is 858. The van der Waals surface area contributed by atoms with Crippen LogP contribution < -0.4 is 34.4 Å². The van der Waals surface area contributed by atoms with Gasteiger partial charge in [-0.2, -0.15) is 0 Å². The van der Waals surface area contributed by atoms with Crippen molar-refractivity contribution < 1.29 is 53.6 Å². The molecule has 2 saturated heterocycles. The first-order valence-corrected chi connectivity index (χ1v) is 14.6. The molecular formula is C25H49FN6O10. The van der Waals surface area contributed by atoms with E-state index in [1.807, 2.05) is 0 Å². The Balaban J connectivity index is 1.48. The van der Waals surface area contributed by atoms with Gasteiger partial charge < -0.3 is 83.6 Å². The lowest BCUT2D eigenvalue weighted by Crippen LogP contribution is -2.65. The summed E-state index contributed by atoms with van der Waals surface area (Å²) in [6.07, 6.45) is -12.4. The highest BCUT2D eigenvalue weighted by Gasteiger charge is 2.53. The Morgan fingerprint density at radius 2 is 1.45 bits per heavy atom. The van der Waals surface area contributed by atoms with Crippen molar-refractivity contribution in [2.24, 2.45) is 40.3 Å². The zero-order valence-electron chi connectivity index (χ0n) is 23.5. The summed E-state index contributed by atoms with van der Waals surface area (Å²) in [5.41, 5.74) is 36.4. The fourth-order valence-electron chi connectivity index (χ4n) is 6.33. The molecule has 0 aromatic carbocycles. The van der Waals surface area contributed by atoms with Crippen LogP contribution in [-0.4, -0.2) is 149 Å². The van der Waals surface area contributed by atoms with Gasteiger partial charge >= 0.3 is 0 Å². The van der Waals surface area contributed by atoms with Crippen LogP contribution in [0.4, 0.5) is 4.39 Å². The largest absolute Gasteiger partial charge is 0.394 e. The summed E-state index contributed by atoms with van der Waals surface area (Å²) in [4.78, 5) is 0. The molecule has 4 rings (SSSR count). The molecule has 2 heterocycles. The van der Waals surface area contributed by atoms with Crippen molar-refractivity contribution in [2.45, 2.75) is 130 Å². The Morgan fingerprint density at radius 1 is 0.762 bits per heavy atom. The SMILES string of the molecule is NC[C@@H]1C[C@H](O[C@H]2[C@@H](O)[C@H](O[C@@H]3[C@@H](O)[C@H](N)C[C@H](N)[C@H]3O[C@H]3O[C@H]([C@H](N)CF)CC[C@H]3N)O[C@@H]2CO)[C@H](N)[C@@H](O)[C@@H]1O. The summed E-state index contributed by atoms with van der Waals surface area (Å²) in [5, 5.41) is 52.8. The highest BCUT2D eigenvalue weighted by atomic mass is 19.1. The number of rotatable bonds is 10. The summed E-state index contributed by atoms with van der Waals surface area (Å²) in [5.74, 6) is -0.505. The molecule has 0 bridgehead atoms. The number of ether oxygens (including phenoxy) is 5. The molecule has 16 nitrogen and oxygen atoms in total. The molecule has 0 radical (unpaired) electrons. The van der Waals surface area contributed by atoms with Crippen LogP contribution in [0.3, 0.4) is 0 Å². The molecule has 0 aromatic rings. The van der Waals surface area contributed by atoms with Crippen molar-refractivity contribution in [1.82, 2.24) is 0 Å². The molecule has 4 fully saturated rings. The number of aliphatic hydroxyl groups excluding tert-OH is 5. The van der Waals surface area contributed by atoms with Gasteiger partial charge in [0.2, 0.25) is 0 Å². The van der Waals surface area contributed by atoms with Crippen molar-refractivity contribution in [1.29, 1.82) is 0 Å². The van der Waals surface area contributed by atoms with E-state index in [1.165, 1.54) is 0 Å². The molecule has 17 heteroatoms. The number of alkyl halides is 1. The molecule has 0 unspecified atom stereocenters. The van der Waals surface area contributed by atoms with Crippen molar-refractivity contribution in [3.8, 4) is 0 Å². The fraction of sp³-hybridized carbons (Fsp3) is 1.00. The van der Waals surface area contributed by atoms with Gasteiger partial charge in [0.1, 0.15) is 37.2 Å². The first-order valence-electron chi connectivity index (χ1n) is 14.6. The summed E-state index contributed by atoms with van der Waals surface area (Å²) < 4.78 is 43.0. The molecule has 0 aromatic heterocycles.